The van der Waals surface area contributed by atoms with E-state index in [4.69, 9.17) is 23.7 Å². The molecule has 0 radical (unpaired) electrons. The Hall–Kier alpha value is -2.60. The third-order valence-corrected chi connectivity index (χ3v) is 4.23. The van der Waals surface area contributed by atoms with E-state index in [1.807, 2.05) is 30.3 Å². The van der Waals surface area contributed by atoms with Crippen LogP contribution in [-0.2, 0) is 6.42 Å². The van der Waals surface area contributed by atoms with Gasteiger partial charge in [0.2, 0.25) is 13.6 Å². The molecule has 25 heavy (non-hydrogen) atoms. The molecule has 2 aromatic carbocycles. The molecule has 0 amide bonds. The summed E-state index contributed by atoms with van der Waals surface area (Å²) in [6.07, 6.45) is 1.89. The third kappa shape index (κ3) is 3.74. The van der Waals surface area contributed by atoms with Gasteiger partial charge in [0.15, 0.2) is 23.0 Å². The van der Waals surface area contributed by atoms with Crippen molar-refractivity contribution in [2.75, 3.05) is 20.2 Å². The quantitative estimate of drug-likeness (QED) is 0.833. The molecule has 2 aliphatic rings. The number of aliphatic hydroxyl groups excluding tert-OH is 1. The molecule has 4 rings (SSSR count). The first-order valence-electron chi connectivity index (χ1n) is 8.37. The van der Waals surface area contributed by atoms with E-state index in [9.17, 15) is 5.11 Å². The second-order valence-corrected chi connectivity index (χ2v) is 6.06. The van der Waals surface area contributed by atoms with Gasteiger partial charge in [0.1, 0.15) is 12.4 Å². The molecule has 1 atom stereocenters. The van der Waals surface area contributed by atoms with Crippen molar-refractivity contribution in [1.29, 1.82) is 0 Å². The number of benzene rings is 2. The van der Waals surface area contributed by atoms with E-state index in [2.05, 4.69) is 0 Å². The van der Waals surface area contributed by atoms with Crippen LogP contribution in [0.5, 0.6) is 28.7 Å². The second-order valence-electron chi connectivity index (χ2n) is 6.06. The lowest BCUT2D eigenvalue weighted by molar-refractivity contribution is 0.0981. The number of fused-ring (bicyclic) bond motifs is 2. The Bertz CT molecular complexity index is 745. The fourth-order valence-corrected chi connectivity index (χ4v) is 2.88. The van der Waals surface area contributed by atoms with Crippen molar-refractivity contribution in [2.45, 2.75) is 25.4 Å². The number of ether oxygens (including phenoxy) is 5. The minimum atomic E-state index is -0.514. The molecule has 2 aromatic rings. The highest BCUT2D eigenvalue weighted by molar-refractivity contribution is 5.47. The summed E-state index contributed by atoms with van der Waals surface area (Å²) < 4.78 is 26.9. The first-order chi connectivity index (χ1) is 12.3. The molecule has 0 saturated carbocycles. The van der Waals surface area contributed by atoms with E-state index in [0.29, 0.717) is 17.9 Å². The lowest BCUT2D eigenvalue weighted by Crippen LogP contribution is -2.17. The number of hydrogen-bond donors (Lipinski definition) is 1. The standard InChI is InChI=1S/C19H20O6/c20-14(10-21-15-5-7-17-19(9-15)25-12-23-17)3-1-2-13-4-6-16-18(8-13)24-11-22-16/h4-9,14,20H,1-3,10-12H2. The van der Waals surface area contributed by atoms with Gasteiger partial charge in [0.25, 0.3) is 0 Å². The number of rotatable bonds is 7. The van der Waals surface area contributed by atoms with Gasteiger partial charge >= 0.3 is 0 Å². The first-order valence-corrected chi connectivity index (χ1v) is 8.37. The molecule has 1 N–H and O–H groups in total. The van der Waals surface area contributed by atoms with Crippen LogP contribution in [0.3, 0.4) is 0 Å². The summed E-state index contributed by atoms with van der Waals surface area (Å²) in [4.78, 5) is 0. The largest absolute Gasteiger partial charge is 0.491 e. The van der Waals surface area contributed by atoms with Crippen LogP contribution in [0.1, 0.15) is 18.4 Å². The van der Waals surface area contributed by atoms with E-state index in [-0.39, 0.29) is 20.2 Å². The Kier molecular flexibility index (Phi) is 4.52. The molecular weight excluding hydrogens is 324 g/mol. The smallest absolute Gasteiger partial charge is 0.231 e. The number of hydrogen-bond acceptors (Lipinski definition) is 6. The van der Waals surface area contributed by atoms with Crippen LogP contribution < -0.4 is 23.7 Å². The molecule has 0 fully saturated rings. The molecule has 0 spiro atoms. The zero-order chi connectivity index (χ0) is 17.1. The zero-order valence-electron chi connectivity index (χ0n) is 13.8. The summed E-state index contributed by atoms with van der Waals surface area (Å²) >= 11 is 0. The summed E-state index contributed by atoms with van der Waals surface area (Å²) in [6.45, 7) is 0.775. The van der Waals surface area contributed by atoms with E-state index in [1.54, 1.807) is 6.07 Å². The van der Waals surface area contributed by atoms with Crippen molar-refractivity contribution in [3.63, 3.8) is 0 Å². The van der Waals surface area contributed by atoms with E-state index in [1.165, 1.54) is 5.56 Å². The fraction of sp³-hybridized carbons (Fsp3) is 0.368. The fourth-order valence-electron chi connectivity index (χ4n) is 2.88. The number of aryl methyl sites for hydroxylation is 1. The molecule has 0 bridgehead atoms. The van der Waals surface area contributed by atoms with E-state index < -0.39 is 6.10 Å². The summed E-state index contributed by atoms with van der Waals surface area (Å²) in [5.41, 5.74) is 1.17. The van der Waals surface area contributed by atoms with Gasteiger partial charge in [-0.1, -0.05) is 6.07 Å². The Morgan fingerprint density at radius 1 is 0.880 bits per heavy atom. The maximum absolute atomic E-state index is 10.1. The van der Waals surface area contributed by atoms with Crippen molar-refractivity contribution in [2.24, 2.45) is 0 Å². The summed E-state index contributed by atoms with van der Waals surface area (Å²) in [5.74, 6) is 3.65. The van der Waals surface area contributed by atoms with Crippen molar-refractivity contribution in [3.05, 3.63) is 42.0 Å². The Balaban J connectivity index is 1.21. The van der Waals surface area contributed by atoms with Gasteiger partial charge in [0, 0.05) is 6.07 Å². The molecule has 2 aliphatic heterocycles. The van der Waals surface area contributed by atoms with Crippen LogP contribution in [0.15, 0.2) is 36.4 Å². The molecule has 0 aromatic heterocycles. The highest BCUT2D eigenvalue weighted by Gasteiger charge is 2.15. The molecule has 2 heterocycles. The van der Waals surface area contributed by atoms with Crippen LogP contribution in [0, 0.1) is 0 Å². The minimum Gasteiger partial charge on any atom is -0.491 e. The van der Waals surface area contributed by atoms with Crippen LogP contribution in [-0.4, -0.2) is 31.4 Å². The van der Waals surface area contributed by atoms with Crippen molar-refractivity contribution >= 4 is 0 Å². The van der Waals surface area contributed by atoms with Crippen LogP contribution in [0.4, 0.5) is 0 Å². The van der Waals surface area contributed by atoms with Gasteiger partial charge in [-0.3, -0.25) is 0 Å². The van der Waals surface area contributed by atoms with Gasteiger partial charge < -0.3 is 28.8 Å². The lowest BCUT2D eigenvalue weighted by atomic mass is 10.1. The van der Waals surface area contributed by atoms with Gasteiger partial charge in [-0.15, -0.1) is 0 Å². The maximum Gasteiger partial charge on any atom is 0.231 e. The average molecular weight is 344 g/mol. The third-order valence-electron chi connectivity index (χ3n) is 4.23. The topological polar surface area (TPSA) is 66.4 Å². The Labute approximate surface area is 145 Å². The predicted molar refractivity (Wildman–Crippen MR) is 89.6 cm³/mol. The van der Waals surface area contributed by atoms with Crippen LogP contribution in [0.25, 0.3) is 0 Å². The van der Waals surface area contributed by atoms with Gasteiger partial charge in [-0.25, -0.2) is 0 Å². The van der Waals surface area contributed by atoms with E-state index >= 15 is 0 Å². The Morgan fingerprint density at radius 2 is 1.56 bits per heavy atom. The van der Waals surface area contributed by atoms with Crippen molar-refractivity contribution in [3.8, 4) is 28.7 Å². The monoisotopic (exact) mass is 344 g/mol. The van der Waals surface area contributed by atoms with Crippen LogP contribution >= 0.6 is 0 Å². The zero-order valence-corrected chi connectivity index (χ0v) is 13.8. The normalized spacial score (nSPS) is 15.2. The van der Waals surface area contributed by atoms with Crippen molar-refractivity contribution in [1.82, 2.24) is 0 Å². The van der Waals surface area contributed by atoms with Crippen molar-refractivity contribution < 1.29 is 28.8 Å². The molecule has 0 aliphatic carbocycles. The maximum atomic E-state index is 10.1. The lowest BCUT2D eigenvalue weighted by Gasteiger charge is -2.12. The van der Waals surface area contributed by atoms with Crippen LogP contribution in [0.2, 0.25) is 0 Å². The Morgan fingerprint density at radius 3 is 2.36 bits per heavy atom. The van der Waals surface area contributed by atoms with Gasteiger partial charge in [0.05, 0.1) is 6.10 Å². The second kappa shape index (κ2) is 7.11. The highest BCUT2D eigenvalue weighted by Crippen LogP contribution is 2.35. The summed E-state index contributed by atoms with van der Waals surface area (Å²) in [5, 5.41) is 10.1. The van der Waals surface area contributed by atoms with Gasteiger partial charge in [-0.2, -0.15) is 0 Å². The highest BCUT2D eigenvalue weighted by atomic mass is 16.7. The molecule has 6 nitrogen and oxygen atoms in total. The molecule has 0 saturated heterocycles. The molecule has 6 heteroatoms. The predicted octanol–water partition coefficient (Wildman–Crippen LogP) is 2.91. The summed E-state index contributed by atoms with van der Waals surface area (Å²) in [6, 6.07) is 11.4. The van der Waals surface area contributed by atoms with Gasteiger partial charge in [-0.05, 0) is 49.1 Å². The SMILES string of the molecule is OC(CCCc1ccc2c(c1)OCO2)COc1ccc2c(c1)OCO2. The first kappa shape index (κ1) is 15.9. The average Bonchev–Trinajstić information content (AvgIpc) is 3.28. The number of aliphatic hydroxyl groups is 1. The molecule has 1 unspecified atom stereocenters. The van der Waals surface area contributed by atoms with E-state index in [0.717, 1.165) is 30.1 Å². The molecular formula is C19H20O6. The minimum absolute atomic E-state index is 0.237. The molecule has 132 valence electrons. The summed E-state index contributed by atoms with van der Waals surface area (Å²) in [7, 11) is 0.